The smallest absolute Gasteiger partial charge is 0.405 e. The van der Waals surface area contributed by atoms with Crippen molar-refractivity contribution < 1.29 is 27.1 Å². The van der Waals surface area contributed by atoms with Crippen molar-refractivity contribution in [3.05, 3.63) is 36.3 Å². The molecule has 2 N–H and O–H groups in total. The number of halogens is 4. The number of hydrogen-bond donors (Lipinski definition) is 2. The Morgan fingerprint density at radius 2 is 1.81 bits per heavy atom. The molecule has 146 valence electrons. The van der Waals surface area contributed by atoms with E-state index in [1.54, 1.807) is 29.6 Å². The van der Waals surface area contributed by atoms with Crippen LogP contribution in [0.5, 0.6) is 5.75 Å². The zero-order valence-electron chi connectivity index (χ0n) is 14.8. The van der Waals surface area contributed by atoms with Gasteiger partial charge in [-0.15, -0.1) is 0 Å². The van der Waals surface area contributed by atoms with Crippen LogP contribution < -0.4 is 15.4 Å². The van der Waals surface area contributed by atoms with Crippen LogP contribution in [0, 0.1) is 5.82 Å². The van der Waals surface area contributed by atoms with Crippen LogP contribution in [0.1, 0.15) is 13.8 Å². The van der Waals surface area contributed by atoms with Crippen LogP contribution in [-0.4, -0.2) is 41.2 Å². The highest BCUT2D eigenvalue weighted by Gasteiger charge is 2.33. The van der Waals surface area contributed by atoms with Gasteiger partial charge < -0.3 is 15.4 Å². The van der Waals surface area contributed by atoms with Gasteiger partial charge in [0.1, 0.15) is 17.8 Å². The number of methoxy groups -OCH3 is 1. The summed E-state index contributed by atoms with van der Waals surface area (Å²) in [6.45, 7) is 1.14. The molecule has 1 aromatic carbocycles. The third-order valence-electron chi connectivity index (χ3n) is 3.54. The molecule has 0 aliphatic heterocycles. The molecule has 0 aliphatic rings. The van der Waals surface area contributed by atoms with E-state index in [0.29, 0.717) is 11.3 Å². The van der Waals surface area contributed by atoms with Crippen molar-refractivity contribution in [2.45, 2.75) is 25.6 Å². The van der Waals surface area contributed by atoms with Crippen molar-refractivity contribution in [3.8, 4) is 17.1 Å². The zero-order valence-corrected chi connectivity index (χ0v) is 14.8. The minimum absolute atomic E-state index is 0.174. The molecule has 0 radical (unpaired) electrons. The molecule has 2 aromatic rings. The van der Waals surface area contributed by atoms with E-state index in [-0.39, 0.29) is 11.6 Å². The van der Waals surface area contributed by atoms with Gasteiger partial charge in [-0.1, -0.05) is 0 Å². The molecule has 0 atom stereocenters. The van der Waals surface area contributed by atoms with Gasteiger partial charge in [-0.05, 0) is 38.1 Å². The summed E-state index contributed by atoms with van der Waals surface area (Å²) in [6, 6.07) is 6.67. The first kappa shape index (κ1) is 20.4. The van der Waals surface area contributed by atoms with E-state index < -0.39 is 30.0 Å². The molecule has 0 bridgehead atoms. The van der Waals surface area contributed by atoms with Crippen molar-refractivity contribution in [3.63, 3.8) is 0 Å². The Bertz CT molecular complexity index is 808. The molecule has 1 amide bonds. The number of aromatic nitrogens is 2. The minimum Gasteiger partial charge on any atom is -0.497 e. The maximum atomic E-state index is 14.1. The molecule has 1 heterocycles. The Morgan fingerprint density at radius 3 is 2.37 bits per heavy atom. The normalized spacial score (nSPS) is 11.8. The maximum Gasteiger partial charge on any atom is 0.405 e. The van der Waals surface area contributed by atoms with E-state index in [2.05, 4.69) is 15.3 Å². The first-order chi connectivity index (χ1) is 12.5. The number of anilines is 1. The third kappa shape index (κ3) is 5.53. The number of amides is 1. The molecule has 0 saturated carbocycles. The van der Waals surface area contributed by atoms with E-state index in [0.717, 1.165) is 6.20 Å². The summed E-state index contributed by atoms with van der Waals surface area (Å²) in [5, 5.41) is 4.28. The van der Waals surface area contributed by atoms with Crippen LogP contribution in [0.3, 0.4) is 0 Å². The molecule has 0 unspecified atom stereocenters. The second-order valence-corrected chi connectivity index (χ2v) is 6.17. The summed E-state index contributed by atoms with van der Waals surface area (Å²) in [6.07, 6.45) is -3.63. The Labute approximate surface area is 153 Å². The Balaban J connectivity index is 2.20. The second-order valence-electron chi connectivity index (χ2n) is 6.17. The van der Waals surface area contributed by atoms with Crippen LogP contribution in [0.25, 0.3) is 11.4 Å². The Morgan fingerprint density at radius 1 is 1.19 bits per heavy atom. The monoisotopic (exact) mass is 386 g/mol. The first-order valence-electron chi connectivity index (χ1n) is 7.82. The average Bonchev–Trinajstić information content (AvgIpc) is 2.60. The summed E-state index contributed by atoms with van der Waals surface area (Å²) < 4.78 is 55.9. The third-order valence-corrected chi connectivity index (χ3v) is 3.54. The number of ether oxygens (including phenoxy) is 1. The topological polar surface area (TPSA) is 76.1 Å². The lowest BCUT2D eigenvalue weighted by molar-refractivity contribution is -0.140. The second kappa shape index (κ2) is 7.77. The molecule has 2 rings (SSSR count). The average molecular weight is 386 g/mol. The molecule has 0 spiro atoms. The first-order valence-corrected chi connectivity index (χ1v) is 7.82. The van der Waals surface area contributed by atoms with Crippen LogP contribution >= 0.6 is 0 Å². The fourth-order valence-corrected chi connectivity index (χ4v) is 2.09. The van der Waals surface area contributed by atoms with Gasteiger partial charge in [-0.2, -0.15) is 13.2 Å². The lowest BCUT2D eigenvalue weighted by Gasteiger charge is -2.26. The predicted octanol–water partition coefficient (Wildman–Crippen LogP) is 3.16. The molecule has 27 heavy (non-hydrogen) atoms. The summed E-state index contributed by atoms with van der Waals surface area (Å²) in [7, 11) is 1.51. The standard InChI is InChI=1S/C17H18F4N4O2/c1-16(2,15(26)23-9-17(19,20)21)25-14-12(18)8-22-13(24-14)10-4-6-11(27-3)7-5-10/h4-8H,9H2,1-3H3,(H,23,26)(H,22,24,25). The fraction of sp³-hybridized carbons (Fsp3) is 0.353. The molecule has 6 nitrogen and oxygen atoms in total. The van der Waals surface area contributed by atoms with Gasteiger partial charge in [0.05, 0.1) is 13.3 Å². The summed E-state index contributed by atoms with van der Waals surface area (Å²) >= 11 is 0. The maximum absolute atomic E-state index is 14.1. The van der Waals surface area contributed by atoms with Gasteiger partial charge in [-0.25, -0.2) is 14.4 Å². The number of hydrogen-bond acceptors (Lipinski definition) is 5. The van der Waals surface area contributed by atoms with E-state index in [9.17, 15) is 22.4 Å². The number of nitrogens with one attached hydrogen (secondary N) is 2. The highest BCUT2D eigenvalue weighted by Crippen LogP contribution is 2.23. The van der Waals surface area contributed by atoms with Crippen LogP contribution in [0.2, 0.25) is 0 Å². The Kier molecular flexibility index (Phi) is 5.87. The quantitative estimate of drug-likeness (QED) is 0.746. The van der Waals surface area contributed by atoms with Crippen molar-refractivity contribution in [1.82, 2.24) is 15.3 Å². The lowest BCUT2D eigenvalue weighted by atomic mass is 10.0. The molecule has 1 aromatic heterocycles. The lowest BCUT2D eigenvalue weighted by Crippen LogP contribution is -2.50. The highest BCUT2D eigenvalue weighted by atomic mass is 19.4. The number of rotatable bonds is 6. The predicted molar refractivity (Wildman–Crippen MR) is 90.7 cm³/mol. The molecule has 0 fully saturated rings. The molecule has 10 heteroatoms. The van der Waals surface area contributed by atoms with Crippen molar-refractivity contribution in [2.24, 2.45) is 0 Å². The summed E-state index contributed by atoms with van der Waals surface area (Å²) in [5.74, 6) is -1.31. The molecule has 0 aliphatic carbocycles. The van der Waals surface area contributed by atoms with Crippen molar-refractivity contribution >= 4 is 11.7 Å². The van der Waals surface area contributed by atoms with Gasteiger partial charge in [0.15, 0.2) is 17.5 Å². The largest absolute Gasteiger partial charge is 0.497 e. The fourth-order valence-electron chi connectivity index (χ4n) is 2.09. The highest BCUT2D eigenvalue weighted by molar-refractivity contribution is 5.88. The van der Waals surface area contributed by atoms with Crippen molar-refractivity contribution in [1.29, 1.82) is 0 Å². The zero-order chi connectivity index (χ0) is 20.2. The van der Waals surface area contributed by atoms with Crippen LogP contribution in [0.4, 0.5) is 23.4 Å². The Hall–Kier alpha value is -2.91. The summed E-state index contributed by atoms with van der Waals surface area (Å²) in [5.41, 5.74) is -0.976. The minimum atomic E-state index is -4.55. The summed E-state index contributed by atoms with van der Waals surface area (Å²) in [4.78, 5) is 19.9. The van der Waals surface area contributed by atoms with Crippen LogP contribution in [-0.2, 0) is 4.79 Å². The number of benzene rings is 1. The number of carbonyl (C=O) groups is 1. The van der Waals surface area contributed by atoms with Gasteiger partial charge in [0.2, 0.25) is 5.91 Å². The van der Waals surface area contributed by atoms with Gasteiger partial charge in [0.25, 0.3) is 0 Å². The van der Waals surface area contributed by atoms with E-state index in [1.165, 1.54) is 21.0 Å². The van der Waals surface area contributed by atoms with Crippen molar-refractivity contribution in [2.75, 3.05) is 19.0 Å². The van der Waals surface area contributed by atoms with E-state index >= 15 is 0 Å². The number of alkyl halides is 3. The van der Waals surface area contributed by atoms with E-state index in [4.69, 9.17) is 4.74 Å². The molecular formula is C17H18F4N4O2. The van der Waals surface area contributed by atoms with Gasteiger partial charge >= 0.3 is 6.18 Å². The van der Waals surface area contributed by atoms with Crippen LogP contribution in [0.15, 0.2) is 30.5 Å². The number of carbonyl (C=O) groups excluding carboxylic acids is 1. The SMILES string of the molecule is COc1ccc(-c2ncc(F)c(NC(C)(C)C(=O)NCC(F)(F)F)n2)cc1. The molecular weight excluding hydrogens is 368 g/mol. The number of nitrogens with zero attached hydrogens (tertiary/aromatic N) is 2. The molecule has 0 saturated heterocycles. The van der Waals surface area contributed by atoms with E-state index in [1.807, 2.05) is 0 Å². The van der Waals surface area contributed by atoms with Gasteiger partial charge in [-0.3, -0.25) is 4.79 Å². The van der Waals surface area contributed by atoms with Gasteiger partial charge in [0, 0.05) is 5.56 Å².